The van der Waals surface area contributed by atoms with Crippen LogP contribution in [-0.4, -0.2) is 48.0 Å². The van der Waals surface area contributed by atoms with E-state index in [1.165, 1.54) is 18.7 Å². The number of carboxylic acid groups (broad SMARTS) is 1. The first-order chi connectivity index (χ1) is 11.9. The van der Waals surface area contributed by atoms with E-state index in [1.54, 1.807) is 26.4 Å². The van der Waals surface area contributed by atoms with Gasteiger partial charge in [0.15, 0.2) is 0 Å². The summed E-state index contributed by atoms with van der Waals surface area (Å²) in [6.07, 6.45) is 0. The fourth-order valence-electron chi connectivity index (χ4n) is 2.41. The lowest BCUT2D eigenvalue weighted by atomic mass is 10.1. The number of aliphatic carboxylic acids is 1. The number of amides is 1. The van der Waals surface area contributed by atoms with E-state index in [2.05, 4.69) is 10.3 Å². The number of carbonyl (C=O) groups is 2. The fraction of sp³-hybridized carbons (Fsp3) is 0.353. The second-order valence-corrected chi connectivity index (χ2v) is 6.42. The molecule has 0 aliphatic heterocycles. The monoisotopic (exact) mass is 364 g/mol. The molecule has 0 unspecified atom stereocenters. The van der Waals surface area contributed by atoms with Crippen LogP contribution in [0.1, 0.15) is 12.6 Å². The van der Waals surface area contributed by atoms with Gasteiger partial charge in [0.1, 0.15) is 23.1 Å². The zero-order valence-electron chi connectivity index (χ0n) is 14.5. The minimum absolute atomic E-state index is 0.174. The number of aromatic nitrogens is 1. The average molecular weight is 364 g/mol. The molecule has 8 heteroatoms. The van der Waals surface area contributed by atoms with Crippen LogP contribution in [0.3, 0.4) is 0 Å². The Bertz CT molecular complexity index is 809. The Morgan fingerprint density at radius 1 is 1.28 bits per heavy atom. The van der Waals surface area contributed by atoms with E-state index in [4.69, 9.17) is 9.47 Å². The van der Waals surface area contributed by atoms with Crippen LogP contribution < -0.4 is 14.8 Å². The number of nitrogens with zero attached hydrogens (tertiary/aromatic N) is 1. The van der Waals surface area contributed by atoms with Crippen LogP contribution >= 0.6 is 11.8 Å². The molecule has 0 saturated carbocycles. The third-order valence-corrected chi connectivity index (χ3v) is 4.63. The highest BCUT2D eigenvalue weighted by Gasteiger charge is 2.21. The Morgan fingerprint density at radius 3 is 2.48 bits per heavy atom. The van der Waals surface area contributed by atoms with E-state index in [-0.39, 0.29) is 11.7 Å². The topological polar surface area (TPSA) is 97.8 Å². The van der Waals surface area contributed by atoms with Gasteiger partial charge in [0.05, 0.1) is 19.6 Å². The van der Waals surface area contributed by atoms with Crippen molar-refractivity contribution in [3.63, 3.8) is 0 Å². The molecule has 0 aliphatic rings. The zero-order valence-corrected chi connectivity index (χ0v) is 15.3. The van der Waals surface area contributed by atoms with Crippen LogP contribution in [-0.2, 0) is 9.59 Å². The third kappa shape index (κ3) is 4.33. The lowest BCUT2D eigenvalue weighted by Crippen LogP contribution is -2.41. The number of ether oxygens (including phenoxy) is 2. The molecule has 0 radical (unpaired) electrons. The smallest absolute Gasteiger partial charge is 0.327 e. The van der Waals surface area contributed by atoms with Crippen LogP contribution in [0.4, 0.5) is 0 Å². The molecule has 0 spiro atoms. The molecule has 0 saturated heterocycles. The van der Waals surface area contributed by atoms with E-state index in [9.17, 15) is 14.7 Å². The van der Waals surface area contributed by atoms with Gasteiger partial charge < -0.3 is 19.9 Å². The van der Waals surface area contributed by atoms with E-state index < -0.39 is 12.0 Å². The van der Waals surface area contributed by atoms with Crippen molar-refractivity contribution in [1.82, 2.24) is 10.3 Å². The average Bonchev–Trinajstić information content (AvgIpc) is 2.56. The van der Waals surface area contributed by atoms with Crippen LogP contribution in [0.25, 0.3) is 10.9 Å². The number of thioether (sulfide) groups is 1. The molecule has 2 N–H and O–H groups in total. The van der Waals surface area contributed by atoms with Gasteiger partial charge in [0.25, 0.3) is 0 Å². The minimum atomic E-state index is -1.08. The number of methoxy groups -OCH3 is 2. The maximum absolute atomic E-state index is 11.3. The molecule has 2 rings (SSSR count). The summed E-state index contributed by atoms with van der Waals surface area (Å²) in [5, 5.41) is 12.5. The number of hydrogen-bond donors (Lipinski definition) is 2. The summed E-state index contributed by atoms with van der Waals surface area (Å²) >= 11 is 1.32. The van der Waals surface area contributed by atoms with Gasteiger partial charge >= 0.3 is 5.97 Å². The van der Waals surface area contributed by atoms with Gasteiger partial charge in [-0.2, -0.15) is 0 Å². The van der Waals surface area contributed by atoms with Crippen molar-refractivity contribution in [1.29, 1.82) is 0 Å². The molecule has 1 heterocycles. The maximum Gasteiger partial charge on any atom is 0.327 e. The van der Waals surface area contributed by atoms with Gasteiger partial charge in [-0.15, -0.1) is 11.8 Å². The van der Waals surface area contributed by atoms with Gasteiger partial charge in [-0.1, -0.05) is 0 Å². The van der Waals surface area contributed by atoms with Gasteiger partial charge in [0.2, 0.25) is 5.91 Å². The lowest BCUT2D eigenvalue weighted by Gasteiger charge is -2.16. The molecule has 1 atom stereocenters. The Hall–Kier alpha value is -2.48. The fourth-order valence-corrected chi connectivity index (χ4v) is 3.58. The van der Waals surface area contributed by atoms with Gasteiger partial charge in [-0.3, -0.25) is 4.79 Å². The highest BCUT2D eigenvalue weighted by atomic mass is 32.2. The molecule has 0 aliphatic carbocycles. The van der Waals surface area contributed by atoms with Crippen LogP contribution in [0.15, 0.2) is 23.1 Å². The highest BCUT2D eigenvalue weighted by molar-refractivity contribution is 7.99. The van der Waals surface area contributed by atoms with Gasteiger partial charge in [-0.05, 0) is 25.1 Å². The van der Waals surface area contributed by atoms with Crippen molar-refractivity contribution in [2.45, 2.75) is 24.8 Å². The second-order valence-electron chi connectivity index (χ2n) is 5.36. The molecular weight excluding hydrogens is 344 g/mol. The summed E-state index contributed by atoms with van der Waals surface area (Å²) in [6.45, 7) is 3.14. The SMILES string of the molecule is COc1ccc(OC)c2c(SC[C@H](NC(C)=O)C(=O)O)cc(C)nc12. The number of hydrogen-bond acceptors (Lipinski definition) is 6. The first-order valence-electron chi connectivity index (χ1n) is 7.52. The Labute approximate surface area is 149 Å². The van der Waals surface area contributed by atoms with E-state index in [0.717, 1.165) is 16.0 Å². The van der Waals surface area contributed by atoms with E-state index >= 15 is 0 Å². The van der Waals surface area contributed by atoms with Gasteiger partial charge in [0, 0.05) is 23.3 Å². The molecule has 1 aromatic carbocycles. The second kappa shape index (κ2) is 8.06. The summed E-state index contributed by atoms with van der Waals surface area (Å²) in [6, 6.07) is 4.44. The maximum atomic E-state index is 11.3. The molecule has 25 heavy (non-hydrogen) atoms. The molecule has 134 valence electrons. The number of carboxylic acids is 1. The summed E-state index contributed by atoms with van der Waals surface area (Å²) < 4.78 is 10.8. The standard InChI is InChI=1S/C17H20N2O5S/c1-9-7-14(25-8-11(17(21)22)19-10(2)20)15-12(23-3)5-6-13(24-4)16(15)18-9/h5-7,11H,8H2,1-4H3,(H,19,20)(H,21,22)/t11-/m0/s1. The highest BCUT2D eigenvalue weighted by Crippen LogP contribution is 2.39. The van der Waals surface area contributed by atoms with Crippen molar-refractivity contribution in [3.05, 3.63) is 23.9 Å². The first-order valence-corrected chi connectivity index (χ1v) is 8.51. The Kier molecular flexibility index (Phi) is 6.08. The molecule has 2 aromatic rings. The normalized spacial score (nSPS) is 11.8. The molecule has 1 aromatic heterocycles. The predicted molar refractivity (Wildman–Crippen MR) is 95.5 cm³/mol. The predicted octanol–water partition coefficient (Wildman–Crippen LogP) is 2.24. The van der Waals surface area contributed by atoms with E-state index in [1.807, 2.05) is 13.0 Å². The Balaban J connectivity index is 2.46. The van der Waals surface area contributed by atoms with Crippen molar-refractivity contribution in [3.8, 4) is 11.5 Å². The number of rotatable bonds is 7. The van der Waals surface area contributed by atoms with Crippen molar-refractivity contribution >= 4 is 34.5 Å². The third-order valence-electron chi connectivity index (χ3n) is 3.50. The largest absolute Gasteiger partial charge is 0.496 e. The summed E-state index contributed by atoms with van der Waals surface area (Å²) in [7, 11) is 3.13. The molecule has 0 fully saturated rings. The number of nitrogens with one attached hydrogen (secondary N) is 1. The van der Waals surface area contributed by atoms with E-state index in [0.29, 0.717) is 17.0 Å². The molecule has 1 amide bonds. The minimum Gasteiger partial charge on any atom is -0.496 e. The molecule has 0 bridgehead atoms. The summed E-state index contributed by atoms with van der Waals surface area (Å²) in [5.41, 5.74) is 1.42. The van der Waals surface area contributed by atoms with Crippen molar-refractivity contribution < 1.29 is 24.2 Å². The number of pyridine rings is 1. The van der Waals surface area contributed by atoms with Crippen molar-refractivity contribution in [2.75, 3.05) is 20.0 Å². The number of carbonyl (C=O) groups excluding carboxylic acids is 1. The summed E-state index contributed by atoms with van der Waals surface area (Å²) in [4.78, 5) is 27.9. The van der Waals surface area contributed by atoms with Crippen molar-refractivity contribution in [2.24, 2.45) is 0 Å². The number of benzene rings is 1. The van der Waals surface area contributed by atoms with Crippen LogP contribution in [0.5, 0.6) is 11.5 Å². The van der Waals surface area contributed by atoms with Gasteiger partial charge in [-0.25, -0.2) is 9.78 Å². The molecule has 7 nitrogen and oxygen atoms in total. The quantitative estimate of drug-likeness (QED) is 0.727. The number of aryl methyl sites for hydroxylation is 1. The number of fused-ring (bicyclic) bond motifs is 1. The molecular formula is C17H20N2O5S. The Morgan fingerprint density at radius 2 is 1.92 bits per heavy atom. The first kappa shape index (κ1) is 18.9. The van der Waals surface area contributed by atoms with Crippen LogP contribution in [0.2, 0.25) is 0 Å². The lowest BCUT2D eigenvalue weighted by molar-refractivity contribution is -0.140. The van der Waals surface area contributed by atoms with Crippen LogP contribution in [0, 0.1) is 6.92 Å². The summed E-state index contributed by atoms with van der Waals surface area (Å²) in [5.74, 6) is -0.0612. The zero-order chi connectivity index (χ0) is 18.6.